The van der Waals surface area contributed by atoms with Crippen molar-refractivity contribution in [1.82, 2.24) is 4.90 Å². The van der Waals surface area contributed by atoms with Crippen molar-refractivity contribution in [3.63, 3.8) is 0 Å². The van der Waals surface area contributed by atoms with Gasteiger partial charge in [0.05, 0.1) is 0 Å². The van der Waals surface area contributed by atoms with Gasteiger partial charge in [-0.1, -0.05) is 0 Å². The molecule has 0 saturated carbocycles. The van der Waals surface area contributed by atoms with E-state index in [1.54, 1.807) is 34.9 Å². The maximum Gasteiger partial charge on any atom is 0.253 e. The van der Waals surface area contributed by atoms with Crippen LogP contribution in [0.15, 0.2) is 18.2 Å². The molecular formula is C13H19NO2S. The minimum atomic E-state index is 0.0172. The number of nitrogens with zero attached hydrogens (tertiary/aromatic N) is 1. The second kappa shape index (κ2) is 6.55. The maximum absolute atomic E-state index is 12.1. The van der Waals surface area contributed by atoms with Crippen LogP contribution in [0, 0.1) is 6.92 Å². The molecule has 0 aliphatic heterocycles. The lowest BCUT2D eigenvalue weighted by atomic mass is 10.1. The quantitative estimate of drug-likeness (QED) is 0.820. The van der Waals surface area contributed by atoms with Crippen LogP contribution in [0.1, 0.15) is 22.3 Å². The third-order valence-electron chi connectivity index (χ3n) is 2.63. The summed E-state index contributed by atoms with van der Waals surface area (Å²) in [4.78, 5) is 13.8. The number of phenolic OH excluding ortho intramolecular Hbond substituents is 1. The highest BCUT2D eigenvalue weighted by Gasteiger charge is 2.13. The molecule has 3 nitrogen and oxygen atoms in total. The Kier molecular flexibility index (Phi) is 5.35. The number of aryl methyl sites for hydroxylation is 1. The zero-order valence-corrected chi connectivity index (χ0v) is 11.4. The Labute approximate surface area is 107 Å². The molecule has 0 spiro atoms. The first-order valence-electron chi connectivity index (χ1n) is 5.60. The van der Waals surface area contributed by atoms with Crippen LogP contribution in [0.5, 0.6) is 5.75 Å². The number of aromatic hydroxyl groups is 1. The summed E-state index contributed by atoms with van der Waals surface area (Å²) in [5.74, 6) is 1.28. The predicted octanol–water partition coefficient (Wildman–Crippen LogP) is 2.53. The number of hydrogen-bond donors (Lipinski definition) is 1. The van der Waals surface area contributed by atoms with E-state index in [0.717, 1.165) is 24.3 Å². The van der Waals surface area contributed by atoms with E-state index in [4.69, 9.17) is 0 Å². The van der Waals surface area contributed by atoms with Gasteiger partial charge in [-0.25, -0.2) is 0 Å². The molecule has 0 atom stereocenters. The van der Waals surface area contributed by atoms with Gasteiger partial charge in [0.15, 0.2) is 0 Å². The number of benzene rings is 1. The first-order chi connectivity index (χ1) is 8.06. The molecule has 4 heteroatoms. The normalized spacial score (nSPS) is 10.3. The standard InChI is InChI=1S/C13H19NO2S/c1-10-9-11(15)5-6-12(10)13(16)14(2)7-4-8-17-3/h5-6,9,15H,4,7-8H2,1-3H3. The molecule has 1 aromatic carbocycles. The van der Waals surface area contributed by atoms with E-state index in [1.165, 1.54) is 0 Å². The average Bonchev–Trinajstić information content (AvgIpc) is 2.28. The fourth-order valence-electron chi connectivity index (χ4n) is 1.64. The van der Waals surface area contributed by atoms with Gasteiger partial charge in [0.1, 0.15) is 5.75 Å². The van der Waals surface area contributed by atoms with Crippen LogP contribution in [0.25, 0.3) is 0 Å². The molecule has 1 aromatic rings. The fraction of sp³-hybridized carbons (Fsp3) is 0.462. The molecule has 0 radical (unpaired) electrons. The lowest BCUT2D eigenvalue weighted by Crippen LogP contribution is -2.28. The Morgan fingerprint density at radius 1 is 1.47 bits per heavy atom. The Bertz CT molecular complexity index is 393. The second-order valence-electron chi connectivity index (χ2n) is 4.07. The molecule has 1 rings (SSSR count). The molecule has 1 amide bonds. The number of carbonyl (C=O) groups excluding carboxylic acids is 1. The van der Waals surface area contributed by atoms with E-state index in [2.05, 4.69) is 6.26 Å². The highest BCUT2D eigenvalue weighted by molar-refractivity contribution is 7.98. The van der Waals surface area contributed by atoms with Gasteiger partial charge in [-0.05, 0) is 49.1 Å². The fourth-order valence-corrected chi connectivity index (χ4v) is 2.06. The number of hydrogen-bond acceptors (Lipinski definition) is 3. The molecular weight excluding hydrogens is 234 g/mol. The van der Waals surface area contributed by atoms with Gasteiger partial charge in [0.25, 0.3) is 5.91 Å². The first-order valence-corrected chi connectivity index (χ1v) is 6.99. The molecule has 0 aliphatic rings. The summed E-state index contributed by atoms with van der Waals surface area (Å²) >= 11 is 1.79. The van der Waals surface area contributed by atoms with Crippen molar-refractivity contribution < 1.29 is 9.90 Å². The summed E-state index contributed by atoms with van der Waals surface area (Å²) in [5, 5.41) is 9.30. The third kappa shape index (κ3) is 3.97. The van der Waals surface area contributed by atoms with Gasteiger partial charge in [-0.3, -0.25) is 4.79 Å². The summed E-state index contributed by atoms with van der Waals surface area (Å²) in [7, 11) is 1.81. The van der Waals surface area contributed by atoms with Crippen molar-refractivity contribution in [3.05, 3.63) is 29.3 Å². The molecule has 17 heavy (non-hydrogen) atoms. The first kappa shape index (κ1) is 13.9. The largest absolute Gasteiger partial charge is 0.508 e. The van der Waals surface area contributed by atoms with Crippen LogP contribution in [0.4, 0.5) is 0 Å². The number of amides is 1. The molecule has 0 aliphatic carbocycles. The lowest BCUT2D eigenvalue weighted by Gasteiger charge is -2.18. The summed E-state index contributed by atoms with van der Waals surface area (Å²) in [6.45, 7) is 2.60. The molecule has 94 valence electrons. The summed E-state index contributed by atoms with van der Waals surface area (Å²) < 4.78 is 0. The lowest BCUT2D eigenvalue weighted by molar-refractivity contribution is 0.0795. The number of carbonyl (C=O) groups is 1. The minimum Gasteiger partial charge on any atom is -0.508 e. The van der Waals surface area contributed by atoms with Crippen molar-refractivity contribution in [2.45, 2.75) is 13.3 Å². The van der Waals surface area contributed by atoms with E-state index >= 15 is 0 Å². The Hall–Kier alpha value is -1.16. The van der Waals surface area contributed by atoms with Gasteiger partial charge in [-0.2, -0.15) is 11.8 Å². The highest BCUT2D eigenvalue weighted by Crippen LogP contribution is 2.17. The van der Waals surface area contributed by atoms with Crippen LogP contribution in [0.2, 0.25) is 0 Å². The van der Waals surface area contributed by atoms with Gasteiger partial charge in [0.2, 0.25) is 0 Å². The van der Waals surface area contributed by atoms with Crippen LogP contribution in [-0.2, 0) is 0 Å². The maximum atomic E-state index is 12.1. The highest BCUT2D eigenvalue weighted by atomic mass is 32.2. The summed E-state index contributed by atoms with van der Waals surface area (Å²) in [5.41, 5.74) is 1.47. The predicted molar refractivity (Wildman–Crippen MR) is 72.8 cm³/mol. The van der Waals surface area contributed by atoms with E-state index in [-0.39, 0.29) is 11.7 Å². The summed E-state index contributed by atoms with van der Waals surface area (Å²) in [6.07, 6.45) is 3.06. The van der Waals surface area contributed by atoms with Gasteiger partial charge in [0, 0.05) is 19.2 Å². The van der Waals surface area contributed by atoms with Crippen LogP contribution >= 0.6 is 11.8 Å². The number of rotatable bonds is 5. The van der Waals surface area contributed by atoms with Crippen LogP contribution in [-0.4, -0.2) is 41.5 Å². The second-order valence-corrected chi connectivity index (χ2v) is 5.06. The number of phenols is 1. The van der Waals surface area contributed by atoms with Crippen molar-refractivity contribution in [1.29, 1.82) is 0 Å². The van der Waals surface area contributed by atoms with Gasteiger partial charge >= 0.3 is 0 Å². The Morgan fingerprint density at radius 3 is 2.76 bits per heavy atom. The zero-order valence-electron chi connectivity index (χ0n) is 10.6. The van der Waals surface area contributed by atoms with Crippen molar-refractivity contribution in [2.24, 2.45) is 0 Å². The molecule has 0 bridgehead atoms. The van der Waals surface area contributed by atoms with Crippen molar-refractivity contribution in [3.8, 4) is 5.75 Å². The third-order valence-corrected chi connectivity index (χ3v) is 3.33. The van der Waals surface area contributed by atoms with Crippen LogP contribution in [0.3, 0.4) is 0 Å². The monoisotopic (exact) mass is 253 g/mol. The summed E-state index contributed by atoms with van der Waals surface area (Å²) in [6, 6.07) is 4.84. The van der Waals surface area contributed by atoms with Gasteiger partial charge < -0.3 is 10.0 Å². The smallest absolute Gasteiger partial charge is 0.253 e. The molecule has 0 fully saturated rings. The topological polar surface area (TPSA) is 40.5 Å². The molecule has 0 aromatic heterocycles. The van der Waals surface area contributed by atoms with E-state index in [0.29, 0.717) is 5.56 Å². The molecule has 0 unspecified atom stereocenters. The zero-order chi connectivity index (χ0) is 12.8. The molecule has 1 N–H and O–H groups in total. The molecule has 0 heterocycles. The van der Waals surface area contributed by atoms with Crippen molar-refractivity contribution >= 4 is 17.7 Å². The van der Waals surface area contributed by atoms with Gasteiger partial charge in [-0.15, -0.1) is 0 Å². The van der Waals surface area contributed by atoms with Crippen LogP contribution < -0.4 is 0 Å². The van der Waals surface area contributed by atoms with Crippen molar-refractivity contribution in [2.75, 3.05) is 25.6 Å². The average molecular weight is 253 g/mol. The SMILES string of the molecule is CSCCCN(C)C(=O)c1ccc(O)cc1C. The number of thioether (sulfide) groups is 1. The Balaban J connectivity index is 2.68. The van der Waals surface area contributed by atoms with E-state index in [1.807, 2.05) is 14.0 Å². The van der Waals surface area contributed by atoms with E-state index in [9.17, 15) is 9.90 Å². The minimum absolute atomic E-state index is 0.0172. The van der Waals surface area contributed by atoms with E-state index < -0.39 is 0 Å². The molecule has 0 saturated heterocycles. The Morgan fingerprint density at radius 2 is 2.18 bits per heavy atom.